The fourth-order valence-electron chi connectivity index (χ4n) is 11.1. The van der Waals surface area contributed by atoms with Crippen molar-refractivity contribution in [3.05, 3.63) is 178 Å². The second-order valence-corrected chi connectivity index (χ2v) is 23.2. The molecule has 6 heteroatoms. The largest absolute Gasteiger partial charge is 0.509 e. The van der Waals surface area contributed by atoms with Crippen LogP contribution in [0.5, 0.6) is 11.5 Å². The first-order valence-electron chi connectivity index (χ1n) is 23.6. The average Bonchev–Trinajstić information content (AvgIpc) is 3.87. The minimum atomic E-state index is -0.666. The van der Waals surface area contributed by atoms with Crippen molar-refractivity contribution >= 4 is 38.9 Å². The molecule has 5 nitrogen and oxygen atoms in total. The van der Waals surface area contributed by atoms with Gasteiger partial charge in [0, 0.05) is 61.1 Å². The van der Waals surface area contributed by atoms with Gasteiger partial charge in [-0.2, -0.15) is 18.8 Å². The number of ether oxygens (including phenoxy) is 1. The molecule has 0 bridgehead atoms. The van der Waals surface area contributed by atoms with Crippen LogP contribution in [0.1, 0.15) is 133 Å². The monoisotopic (exact) mass is 1060 g/mol. The van der Waals surface area contributed by atoms with E-state index < -0.39 is 5.41 Å². The summed E-state index contributed by atoms with van der Waals surface area (Å²) in [5, 5.41) is 2.25. The summed E-state index contributed by atoms with van der Waals surface area (Å²) in [6, 6.07) is 46.1. The second-order valence-electron chi connectivity index (χ2n) is 23.2. The molecule has 0 atom stereocenters. The van der Waals surface area contributed by atoms with Gasteiger partial charge in [0.1, 0.15) is 5.82 Å². The Bertz CT molecular complexity index is 3250. The maximum absolute atomic E-state index is 6.94. The molecule has 3 aliphatic rings. The zero-order chi connectivity index (χ0) is 46.6. The SMILES string of the molecule is Cc1ccc(-n2c3[c-]c(Oc4[c-]c5c(cc4)C4(c6cccc7c6N5[CH-]N7C)c5c(cc(C(C)(C)C)cc5C(C)(C)C)-c5cc(C(C)(C)C)cc(C(C)(C)C)c54)ccc3c3ccccc32)nc1.[Pt]. The van der Waals surface area contributed by atoms with Gasteiger partial charge in [0.05, 0.1) is 0 Å². The topological polar surface area (TPSA) is 33.5 Å². The number of pyridine rings is 1. The summed E-state index contributed by atoms with van der Waals surface area (Å²) in [4.78, 5) is 9.48. The quantitative estimate of drug-likeness (QED) is 0.165. The van der Waals surface area contributed by atoms with Crippen molar-refractivity contribution in [2.45, 2.75) is 117 Å². The van der Waals surface area contributed by atoms with Crippen LogP contribution >= 0.6 is 0 Å². The van der Waals surface area contributed by atoms with Crippen molar-refractivity contribution in [1.29, 1.82) is 0 Å². The third kappa shape index (κ3) is 6.68. The molecule has 2 aliphatic heterocycles. The Morgan fingerprint density at radius 1 is 0.612 bits per heavy atom. The first-order chi connectivity index (χ1) is 31.1. The number of aryl methyl sites for hydroxylation is 1. The van der Waals surface area contributed by atoms with Crippen molar-refractivity contribution in [1.82, 2.24) is 9.55 Å². The van der Waals surface area contributed by atoms with Crippen LogP contribution in [0.4, 0.5) is 17.1 Å². The van der Waals surface area contributed by atoms with E-state index in [-0.39, 0.29) is 42.7 Å². The van der Waals surface area contributed by atoms with Crippen molar-refractivity contribution < 1.29 is 25.8 Å². The molecule has 6 aromatic carbocycles. The van der Waals surface area contributed by atoms with Crippen molar-refractivity contribution in [2.24, 2.45) is 0 Å². The maximum atomic E-state index is 6.94. The molecule has 8 aromatic rings. The minimum absolute atomic E-state index is 0. The maximum Gasteiger partial charge on any atom is 0.135 e. The fraction of sp³-hybridized carbons (Fsp3) is 0.311. The zero-order valence-corrected chi connectivity index (χ0v) is 43.8. The van der Waals surface area contributed by atoms with Crippen LogP contribution in [-0.2, 0) is 48.1 Å². The number of nitrogens with zero attached hydrogens (tertiary/aromatic N) is 4. The normalized spacial score (nSPS) is 14.9. The Balaban J connectivity index is 0.00000525. The first kappa shape index (κ1) is 45.2. The van der Waals surface area contributed by atoms with Gasteiger partial charge in [0.25, 0.3) is 0 Å². The van der Waals surface area contributed by atoms with Gasteiger partial charge >= 0.3 is 0 Å². The summed E-state index contributed by atoms with van der Waals surface area (Å²) < 4.78 is 9.13. The summed E-state index contributed by atoms with van der Waals surface area (Å²) in [5.74, 6) is 2.10. The average molecular weight is 1060 g/mol. The molecule has 2 aromatic heterocycles. The molecule has 0 unspecified atom stereocenters. The van der Waals surface area contributed by atoms with E-state index in [1.165, 1.54) is 67.0 Å². The molecule has 0 saturated heterocycles. The van der Waals surface area contributed by atoms with E-state index in [4.69, 9.17) is 9.72 Å². The Hall–Kier alpha value is -5.64. The van der Waals surface area contributed by atoms with Gasteiger partial charge in [-0.05, 0) is 115 Å². The predicted molar refractivity (Wildman–Crippen MR) is 274 cm³/mol. The summed E-state index contributed by atoms with van der Waals surface area (Å²) in [5.41, 5.74) is 18.8. The van der Waals surface area contributed by atoms with E-state index in [0.29, 0.717) is 11.5 Å². The van der Waals surface area contributed by atoms with Gasteiger partial charge in [-0.25, -0.2) is 4.98 Å². The minimum Gasteiger partial charge on any atom is -0.509 e. The van der Waals surface area contributed by atoms with Gasteiger partial charge in [-0.1, -0.05) is 155 Å². The molecule has 67 heavy (non-hydrogen) atoms. The van der Waals surface area contributed by atoms with Crippen molar-refractivity contribution in [3.63, 3.8) is 0 Å². The number of hydrogen-bond acceptors (Lipinski definition) is 4. The van der Waals surface area contributed by atoms with Crippen LogP contribution in [-0.4, -0.2) is 16.6 Å². The number of anilines is 3. The van der Waals surface area contributed by atoms with Crippen LogP contribution in [0.15, 0.2) is 109 Å². The van der Waals surface area contributed by atoms with E-state index in [9.17, 15) is 0 Å². The fourth-order valence-corrected chi connectivity index (χ4v) is 11.1. The van der Waals surface area contributed by atoms with Crippen molar-refractivity contribution in [3.8, 4) is 28.4 Å². The number of aromatic nitrogens is 2. The smallest absolute Gasteiger partial charge is 0.135 e. The number of hydrogen-bond donors (Lipinski definition) is 0. The molecule has 344 valence electrons. The molecule has 0 N–H and O–H groups in total. The van der Waals surface area contributed by atoms with Crippen molar-refractivity contribution in [2.75, 3.05) is 16.8 Å². The van der Waals surface area contributed by atoms with Crippen LogP contribution < -0.4 is 14.5 Å². The van der Waals surface area contributed by atoms with E-state index in [2.05, 4.69) is 227 Å². The Morgan fingerprint density at radius 2 is 1.22 bits per heavy atom. The summed E-state index contributed by atoms with van der Waals surface area (Å²) in [6.45, 7) is 32.8. The van der Waals surface area contributed by atoms with E-state index in [1.807, 2.05) is 12.3 Å². The number of benzene rings is 6. The van der Waals surface area contributed by atoms with E-state index in [1.54, 1.807) is 0 Å². The first-order valence-corrected chi connectivity index (χ1v) is 23.6. The molecular formula is C61H61N4OPt-3. The standard InChI is InChI=1S/C61H61N4O.Pt/c1-36-22-27-53(62-34-36)65-49-20-16-15-18-41(49)42-25-23-39(32-51(42)65)66-40-24-26-45-52(33-40)64-35-63(14)50-21-17-19-46(56(50)64)61(45)54-43(28-37(57(2,3)4)30-47(54)59(8,9)10)44-29-38(58(5,6)7)31-48(55(44)61)60(11,12)13;/h15-31,34-35H,1-14H3;/q-3;. The van der Waals surface area contributed by atoms with Gasteiger partial charge < -0.3 is 19.1 Å². The van der Waals surface area contributed by atoms with E-state index >= 15 is 0 Å². The third-order valence-corrected chi connectivity index (χ3v) is 14.4. The summed E-state index contributed by atoms with van der Waals surface area (Å²) in [7, 11) is 2.16. The van der Waals surface area contributed by atoms with Crippen LogP contribution in [0.25, 0.3) is 38.8 Å². The van der Waals surface area contributed by atoms with Crippen LogP contribution in [0.3, 0.4) is 0 Å². The number of rotatable bonds is 3. The number of fused-ring (bicyclic) bond motifs is 12. The zero-order valence-electron chi connectivity index (χ0n) is 41.5. The van der Waals surface area contributed by atoms with E-state index in [0.717, 1.165) is 38.9 Å². The van der Waals surface area contributed by atoms with Gasteiger partial charge in [-0.15, -0.1) is 35.2 Å². The molecule has 11 rings (SSSR count). The molecule has 4 heterocycles. The molecule has 0 amide bonds. The Labute approximate surface area is 412 Å². The predicted octanol–water partition coefficient (Wildman–Crippen LogP) is 15.5. The molecule has 0 radical (unpaired) electrons. The molecule has 1 aliphatic carbocycles. The number of para-hydroxylation sites is 2. The Kier molecular flexibility index (Phi) is 10.1. The molecule has 1 spiro atoms. The molecule has 0 saturated carbocycles. The summed E-state index contributed by atoms with van der Waals surface area (Å²) >= 11 is 0. The molecule has 0 fully saturated rings. The van der Waals surface area contributed by atoms with Gasteiger partial charge in [-0.3, -0.25) is 0 Å². The third-order valence-electron chi connectivity index (χ3n) is 14.4. The molecular weight excluding hydrogens is 1000 g/mol. The Morgan fingerprint density at radius 3 is 1.82 bits per heavy atom. The van der Waals surface area contributed by atoms with Gasteiger partial charge in [0.2, 0.25) is 0 Å². The van der Waals surface area contributed by atoms with Crippen LogP contribution in [0.2, 0.25) is 0 Å². The van der Waals surface area contributed by atoms with Crippen LogP contribution in [0, 0.1) is 25.7 Å². The van der Waals surface area contributed by atoms with Gasteiger partial charge in [0.15, 0.2) is 0 Å². The summed E-state index contributed by atoms with van der Waals surface area (Å²) in [6.07, 6.45) is 1.92. The second kappa shape index (κ2) is 14.9.